The minimum Gasteiger partial charge on any atom is -1.00 e. The average molecular weight is 156 g/mol. The van der Waals surface area contributed by atoms with Crippen LogP contribution in [0, 0.1) is 12.1 Å². The largest absolute Gasteiger partial charge is 2.00 e. The van der Waals surface area contributed by atoms with Crippen LogP contribution in [0.25, 0.3) is 0 Å². The van der Waals surface area contributed by atoms with Gasteiger partial charge in [-0.3, -0.25) is 4.39 Å². The molecule has 0 saturated carbocycles. The Morgan fingerprint density at radius 3 is 2.44 bits per heavy atom. The van der Waals surface area contributed by atoms with Gasteiger partial charge in [-0.05, 0) is 0 Å². The zero-order valence-corrected chi connectivity index (χ0v) is 6.81. The Bertz CT molecular complexity index is 147. The van der Waals surface area contributed by atoms with E-state index < -0.39 is 5.95 Å². The van der Waals surface area contributed by atoms with Gasteiger partial charge >= 0.3 is 23.1 Å². The first kappa shape index (κ1) is 11.9. The monoisotopic (exact) mass is 155 g/mol. The van der Waals surface area contributed by atoms with E-state index in [1.807, 2.05) is 0 Å². The molecule has 0 bridgehead atoms. The maximum Gasteiger partial charge on any atom is 2.00 e. The Kier molecular flexibility index (Phi) is 8.26. The van der Waals surface area contributed by atoms with Gasteiger partial charge in [-0.25, -0.2) is 0 Å². The predicted octanol–water partition coefficient (Wildman–Crippen LogP) is -2.36. The minimum atomic E-state index is -0.484. The molecule has 44 valence electrons. The van der Waals surface area contributed by atoms with Crippen molar-refractivity contribution >= 4 is 23.1 Å². The number of halogens is 2. The molecule has 0 aliphatic carbocycles. The van der Waals surface area contributed by atoms with Crippen LogP contribution in [0.5, 0.6) is 0 Å². The summed E-state index contributed by atoms with van der Waals surface area (Å²) < 4.78 is 11.8. The van der Waals surface area contributed by atoms with Gasteiger partial charge in [0.25, 0.3) is 0 Å². The second-order valence-corrected chi connectivity index (χ2v) is 1.09. The van der Waals surface area contributed by atoms with Crippen LogP contribution in [0.2, 0.25) is 0 Å². The molecule has 0 aliphatic rings. The molecule has 1 heterocycles. The molecule has 0 fully saturated rings. The molecule has 0 N–H and O–H groups in total. The van der Waals surface area contributed by atoms with Gasteiger partial charge in [0.05, 0.1) is 5.95 Å². The fourth-order valence-corrected chi connectivity index (χ4v) is 0.307. The van der Waals surface area contributed by atoms with E-state index in [2.05, 4.69) is 11.2 Å². The van der Waals surface area contributed by atoms with E-state index >= 15 is 0 Å². The standard InChI is InChI=1S/C5H3FN.ClH.Mg/c6-5-3-1-2-4-7-5;;/h1-3H;1H;/q-1;;+2/p-1. The van der Waals surface area contributed by atoms with Gasteiger partial charge in [0.1, 0.15) is 0 Å². The van der Waals surface area contributed by atoms with Gasteiger partial charge < -0.3 is 17.4 Å². The average Bonchev–Trinajstić information content (AvgIpc) is 1.69. The molecule has 0 aromatic carbocycles. The third-order valence-corrected chi connectivity index (χ3v) is 0.576. The molecule has 1 aromatic heterocycles. The smallest absolute Gasteiger partial charge is 1.00 e. The van der Waals surface area contributed by atoms with Gasteiger partial charge in [0.15, 0.2) is 0 Å². The zero-order valence-electron chi connectivity index (χ0n) is 4.64. The van der Waals surface area contributed by atoms with Gasteiger partial charge in [0.2, 0.25) is 0 Å². The van der Waals surface area contributed by atoms with E-state index in [1.165, 1.54) is 6.07 Å². The first-order valence-corrected chi connectivity index (χ1v) is 1.88. The van der Waals surface area contributed by atoms with Crippen LogP contribution in [0.15, 0.2) is 18.2 Å². The molecule has 0 spiro atoms. The van der Waals surface area contributed by atoms with Crippen LogP contribution >= 0.6 is 0 Å². The van der Waals surface area contributed by atoms with E-state index in [9.17, 15) is 4.39 Å². The number of pyridine rings is 1. The predicted molar refractivity (Wildman–Crippen MR) is 28.8 cm³/mol. The molecule has 1 rings (SSSR count). The van der Waals surface area contributed by atoms with Crippen molar-refractivity contribution in [2.45, 2.75) is 0 Å². The molecule has 1 nitrogen and oxygen atoms in total. The third-order valence-electron chi connectivity index (χ3n) is 0.576. The Balaban J connectivity index is 0. The fraction of sp³-hybridized carbons (Fsp3) is 0. The van der Waals surface area contributed by atoms with Gasteiger partial charge in [0, 0.05) is 0 Å². The summed E-state index contributed by atoms with van der Waals surface area (Å²) in [5, 5.41) is 0. The molecule has 0 unspecified atom stereocenters. The molecular weight excluding hydrogens is 153 g/mol. The Labute approximate surface area is 75.2 Å². The number of rotatable bonds is 0. The maximum atomic E-state index is 11.8. The van der Waals surface area contributed by atoms with Crippen LogP contribution < -0.4 is 12.4 Å². The molecule has 0 aliphatic heterocycles. The summed E-state index contributed by atoms with van der Waals surface area (Å²) in [5.41, 5.74) is 0. The topological polar surface area (TPSA) is 12.9 Å². The Morgan fingerprint density at radius 2 is 2.22 bits per heavy atom. The van der Waals surface area contributed by atoms with Crippen LogP contribution in [-0.2, 0) is 0 Å². The summed E-state index contributed by atoms with van der Waals surface area (Å²) in [5.74, 6) is -0.484. The SMILES string of the molecule is Fc1ccc[c-]n1.[Cl-].[Mg+2]. The van der Waals surface area contributed by atoms with E-state index in [4.69, 9.17) is 0 Å². The van der Waals surface area contributed by atoms with Gasteiger partial charge in [-0.2, -0.15) is 12.1 Å². The Hall–Kier alpha value is 0.136. The summed E-state index contributed by atoms with van der Waals surface area (Å²) in [6, 6.07) is 4.36. The third kappa shape index (κ3) is 4.63. The van der Waals surface area contributed by atoms with E-state index in [-0.39, 0.29) is 35.5 Å². The molecule has 0 radical (unpaired) electrons. The molecule has 0 amide bonds. The van der Waals surface area contributed by atoms with Gasteiger partial charge in [-0.15, -0.1) is 6.07 Å². The summed E-state index contributed by atoms with van der Waals surface area (Å²) in [6.45, 7) is 0. The van der Waals surface area contributed by atoms with Crippen molar-refractivity contribution in [1.29, 1.82) is 0 Å². The number of aromatic nitrogens is 1. The molecular formula is C5H3ClFMgN. The second-order valence-electron chi connectivity index (χ2n) is 1.09. The zero-order chi connectivity index (χ0) is 5.11. The summed E-state index contributed by atoms with van der Waals surface area (Å²) in [7, 11) is 0. The summed E-state index contributed by atoms with van der Waals surface area (Å²) in [4.78, 5) is 3.19. The van der Waals surface area contributed by atoms with Crippen molar-refractivity contribution in [3.05, 3.63) is 30.3 Å². The first-order chi connectivity index (χ1) is 3.39. The number of hydrogen-bond donors (Lipinski definition) is 0. The van der Waals surface area contributed by atoms with Crippen molar-refractivity contribution in [3.8, 4) is 0 Å². The summed E-state index contributed by atoms with van der Waals surface area (Å²) in [6.07, 6.45) is 2.34. The molecule has 9 heavy (non-hydrogen) atoms. The number of nitrogens with zero attached hydrogens (tertiary/aromatic N) is 1. The van der Waals surface area contributed by atoms with Crippen LogP contribution in [-0.4, -0.2) is 28.0 Å². The minimum absolute atomic E-state index is 0. The van der Waals surface area contributed by atoms with Crippen molar-refractivity contribution in [2.75, 3.05) is 0 Å². The normalized spacial score (nSPS) is 6.78. The first-order valence-electron chi connectivity index (χ1n) is 1.88. The molecule has 1 aromatic rings. The van der Waals surface area contributed by atoms with Crippen molar-refractivity contribution in [3.63, 3.8) is 0 Å². The van der Waals surface area contributed by atoms with Crippen molar-refractivity contribution in [2.24, 2.45) is 0 Å². The maximum absolute atomic E-state index is 11.8. The fourth-order valence-electron chi connectivity index (χ4n) is 0.307. The van der Waals surface area contributed by atoms with Crippen LogP contribution in [0.4, 0.5) is 4.39 Å². The van der Waals surface area contributed by atoms with Gasteiger partial charge in [-0.1, -0.05) is 6.20 Å². The quantitative estimate of drug-likeness (QED) is 0.232. The van der Waals surface area contributed by atoms with Crippen molar-refractivity contribution < 1.29 is 16.8 Å². The molecule has 0 saturated heterocycles. The van der Waals surface area contributed by atoms with Crippen molar-refractivity contribution in [1.82, 2.24) is 4.98 Å². The summed E-state index contributed by atoms with van der Waals surface area (Å²) >= 11 is 0. The van der Waals surface area contributed by atoms with E-state index in [0.29, 0.717) is 0 Å². The number of hydrogen-bond acceptors (Lipinski definition) is 1. The molecule has 4 heteroatoms. The Morgan fingerprint density at radius 1 is 1.56 bits per heavy atom. The molecule has 0 atom stereocenters. The van der Waals surface area contributed by atoms with Crippen LogP contribution in [0.3, 0.4) is 0 Å². The second kappa shape index (κ2) is 6.26. The van der Waals surface area contributed by atoms with Crippen LogP contribution in [0.1, 0.15) is 0 Å². The van der Waals surface area contributed by atoms with E-state index in [0.717, 1.165) is 0 Å². The van der Waals surface area contributed by atoms with E-state index in [1.54, 1.807) is 12.1 Å².